The van der Waals surface area contributed by atoms with Crippen molar-refractivity contribution in [1.29, 1.82) is 0 Å². The van der Waals surface area contributed by atoms with Gasteiger partial charge in [-0.15, -0.1) is 0 Å². The molecule has 0 fully saturated rings. The van der Waals surface area contributed by atoms with E-state index < -0.39 is 5.25 Å². The van der Waals surface area contributed by atoms with E-state index in [4.69, 9.17) is 4.98 Å². The lowest BCUT2D eigenvalue weighted by molar-refractivity contribution is 0.0986. The third-order valence-corrected chi connectivity index (χ3v) is 7.79. The maximum atomic E-state index is 13.9. The van der Waals surface area contributed by atoms with Gasteiger partial charge in [-0.1, -0.05) is 67.2 Å². The number of thioether (sulfide) groups is 1. The number of para-hydroxylation sites is 3. The molecule has 7 nitrogen and oxygen atoms in total. The number of rotatable bonds is 7. The van der Waals surface area contributed by atoms with Gasteiger partial charge in [-0.25, -0.2) is 9.67 Å². The highest BCUT2D eigenvalue weighted by atomic mass is 32.2. The predicted molar refractivity (Wildman–Crippen MR) is 147 cm³/mol. The van der Waals surface area contributed by atoms with Crippen LogP contribution in [0.1, 0.15) is 29.4 Å². The number of benzene rings is 3. The van der Waals surface area contributed by atoms with Gasteiger partial charge in [0.15, 0.2) is 10.9 Å². The Morgan fingerprint density at radius 3 is 2.11 bits per heavy atom. The largest absolute Gasteiger partial charge is 0.293 e. The first kappa shape index (κ1) is 24.5. The first-order valence-corrected chi connectivity index (χ1v) is 12.9. The molecule has 8 heteroatoms. The molecule has 37 heavy (non-hydrogen) atoms. The Bertz CT molecular complexity index is 1720. The van der Waals surface area contributed by atoms with Crippen LogP contribution in [-0.2, 0) is 7.05 Å². The summed E-state index contributed by atoms with van der Waals surface area (Å²) in [5.74, 6) is -0.276. The molecule has 0 aliphatic carbocycles. The summed E-state index contributed by atoms with van der Waals surface area (Å²) in [5, 5.41) is 0.299. The van der Waals surface area contributed by atoms with E-state index in [0.717, 1.165) is 0 Å². The van der Waals surface area contributed by atoms with Crippen LogP contribution >= 0.6 is 11.8 Å². The highest BCUT2D eigenvalue weighted by Gasteiger charge is 2.30. The fourth-order valence-electron chi connectivity index (χ4n) is 4.46. The van der Waals surface area contributed by atoms with Gasteiger partial charge in [-0.05, 0) is 49.7 Å². The Morgan fingerprint density at radius 2 is 1.46 bits per heavy atom. The zero-order chi connectivity index (χ0) is 26.1. The molecule has 0 aliphatic rings. The molecule has 0 saturated heterocycles. The fourth-order valence-corrected chi connectivity index (χ4v) is 5.55. The van der Waals surface area contributed by atoms with Crippen molar-refractivity contribution in [2.75, 3.05) is 0 Å². The van der Waals surface area contributed by atoms with Crippen molar-refractivity contribution in [2.24, 2.45) is 7.05 Å². The summed E-state index contributed by atoms with van der Waals surface area (Å²) >= 11 is 1.22. The van der Waals surface area contributed by atoms with Crippen LogP contribution in [0.25, 0.3) is 22.3 Å². The molecule has 186 valence electrons. The number of nitrogens with zero attached hydrogens (tertiary/aromatic N) is 4. The van der Waals surface area contributed by atoms with Crippen LogP contribution in [0.15, 0.2) is 99.7 Å². The minimum Gasteiger partial charge on any atom is -0.293 e. The number of hydrogen-bond donors (Lipinski definition) is 0. The quantitative estimate of drug-likeness (QED) is 0.176. The van der Waals surface area contributed by atoms with Crippen molar-refractivity contribution in [3.63, 3.8) is 0 Å². The molecular weight excluding hydrogens is 484 g/mol. The van der Waals surface area contributed by atoms with Crippen LogP contribution in [0.3, 0.4) is 0 Å². The van der Waals surface area contributed by atoms with Gasteiger partial charge in [-0.2, -0.15) is 0 Å². The maximum Gasteiger partial charge on any atom is 0.282 e. The molecule has 2 aromatic heterocycles. The molecule has 0 saturated carbocycles. The van der Waals surface area contributed by atoms with Gasteiger partial charge in [0.05, 0.1) is 27.5 Å². The van der Waals surface area contributed by atoms with E-state index in [2.05, 4.69) is 0 Å². The lowest BCUT2D eigenvalue weighted by Crippen LogP contribution is -2.28. The standard InChI is InChI=1S/C29H26N4O3S/c1-4-24(26(34)25-19(2)31(3)33(28(25)36)21-15-9-6-10-16-21)37-29-30-23-18-12-11-17-22(23)27(35)32(29)20-13-7-5-8-14-20/h5-18,24H,4H2,1-3H3. The highest BCUT2D eigenvalue weighted by Crippen LogP contribution is 2.29. The van der Waals surface area contributed by atoms with Gasteiger partial charge in [0.1, 0.15) is 5.56 Å². The summed E-state index contributed by atoms with van der Waals surface area (Å²) in [7, 11) is 1.77. The summed E-state index contributed by atoms with van der Waals surface area (Å²) in [5.41, 5.74) is 2.09. The van der Waals surface area contributed by atoms with E-state index in [1.54, 1.807) is 35.4 Å². The summed E-state index contributed by atoms with van der Waals surface area (Å²) < 4.78 is 4.76. The first-order valence-electron chi connectivity index (χ1n) is 12.0. The molecule has 1 unspecified atom stereocenters. The Kier molecular flexibility index (Phi) is 6.67. The Hall–Kier alpha value is -4.17. The molecule has 0 amide bonds. The average molecular weight is 511 g/mol. The third-order valence-electron chi connectivity index (χ3n) is 6.47. The fraction of sp³-hybridized carbons (Fsp3) is 0.172. The minimum absolute atomic E-state index is 0.153. The van der Waals surface area contributed by atoms with Crippen LogP contribution in [0.5, 0.6) is 0 Å². The monoisotopic (exact) mass is 510 g/mol. The summed E-state index contributed by atoms with van der Waals surface area (Å²) in [4.78, 5) is 45.7. The van der Waals surface area contributed by atoms with Crippen molar-refractivity contribution in [1.82, 2.24) is 18.9 Å². The van der Waals surface area contributed by atoms with Gasteiger partial charge in [0.25, 0.3) is 11.1 Å². The van der Waals surface area contributed by atoms with Crippen LogP contribution in [0, 0.1) is 6.92 Å². The molecule has 5 aromatic rings. The number of carbonyl (C=O) groups excluding carboxylic acids is 1. The maximum absolute atomic E-state index is 13.9. The summed E-state index contributed by atoms with van der Waals surface area (Å²) in [6, 6.07) is 25.7. The molecule has 3 aromatic carbocycles. The Labute approximate surface area is 218 Å². The number of fused-ring (bicyclic) bond motifs is 1. The average Bonchev–Trinajstić information content (AvgIpc) is 3.15. The highest BCUT2D eigenvalue weighted by molar-refractivity contribution is 8.00. The zero-order valence-electron chi connectivity index (χ0n) is 20.8. The lowest BCUT2D eigenvalue weighted by Gasteiger charge is -2.17. The molecule has 2 heterocycles. The number of carbonyl (C=O) groups is 1. The predicted octanol–water partition coefficient (Wildman–Crippen LogP) is 4.94. The number of ketones is 1. The molecule has 0 spiro atoms. The van der Waals surface area contributed by atoms with Crippen molar-refractivity contribution in [3.8, 4) is 11.4 Å². The topological polar surface area (TPSA) is 78.9 Å². The lowest BCUT2D eigenvalue weighted by atomic mass is 10.1. The molecule has 0 aliphatic heterocycles. The normalized spacial score (nSPS) is 12.1. The second-order valence-electron chi connectivity index (χ2n) is 8.70. The minimum atomic E-state index is -0.610. The van der Waals surface area contributed by atoms with Crippen molar-refractivity contribution < 1.29 is 4.79 Å². The van der Waals surface area contributed by atoms with Gasteiger partial charge in [0, 0.05) is 12.7 Å². The first-order chi connectivity index (χ1) is 17.9. The molecule has 0 radical (unpaired) electrons. The smallest absolute Gasteiger partial charge is 0.282 e. The molecule has 0 N–H and O–H groups in total. The van der Waals surface area contributed by atoms with Crippen LogP contribution in [-0.4, -0.2) is 29.9 Å². The van der Waals surface area contributed by atoms with Gasteiger partial charge in [-0.3, -0.25) is 23.6 Å². The van der Waals surface area contributed by atoms with Crippen LogP contribution in [0.2, 0.25) is 0 Å². The second-order valence-corrected chi connectivity index (χ2v) is 9.87. The van der Waals surface area contributed by atoms with Gasteiger partial charge in [0.2, 0.25) is 0 Å². The molecular formula is C29H26N4O3S. The molecule has 1 atom stereocenters. The van der Waals surface area contributed by atoms with E-state index in [1.165, 1.54) is 16.4 Å². The third kappa shape index (κ3) is 4.34. The Morgan fingerprint density at radius 1 is 0.865 bits per heavy atom. The van der Waals surface area contributed by atoms with E-state index >= 15 is 0 Å². The zero-order valence-corrected chi connectivity index (χ0v) is 21.6. The SMILES string of the molecule is CCC(Sc1nc2ccccc2c(=O)n1-c1ccccc1)C(=O)c1c(C)n(C)n(-c2ccccc2)c1=O. The van der Waals surface area contributed by atoms with E-state index in [1.807, 2.05) is 79.7 Å². The number of hydrogen-bond acceptors (Lipinski definition) is 5. The van der Waals surface area contributed by atoms with E-state index in [0.29, 0.717) is 39.5 Å². The number of Topliss-reactive ketones (excluding diaryl/α,β-unsaturated/α-hetero) is 1. The second kappa shape index (κ2) is 10.1. The Balaban J connectivity index is 1.61. The van der Waals surface area contributed by atoms with E-state index in [9.17, 15) is 14.4 Å². The van der Waals surface area contributed by atoms with Gasteiger partial charge >= 0.3 is 0 Å². The van der Waals surface area contributed by atoms with Crippen molar-refractivity contribution in [2.45, 2.75) is 30.7 Å². The van der Waals surface area contributed by atoms with Crippen molar-refractivity contribution >= 4 is 28.4 Å². The van der Waals surface area contributed by atoms with E-state index in [-0.39, 0.29) is 22.5 Å². The van der Waals surface area contributed by atoms with Crippen LogP contribution < -0.4 is 11.1 Å². The van der Waals surface area contributed by atoms with Crippen molar-refractivity contribution in [3.05, 3.63) is 117 Å². The van der Waals surface area contributed by atoms with Gasteiger partial charge < -0.3 is 0 Å². The molecule has 5 rings (SSSR count). The molecule has 0 bridgehead atoms. The summed E-state index contributed by atoms with van der Waals surface area (Å²) in [6.07, 6.45) is 0.458. The number of aromatic nitrogens is 4. The van der Waals surface area contributed by atoms with Crippen LogP contribution in [0.4, 0.5) is 0 Å². The summed E-state index contributed by atoms with van der Waals surface area (Å²) in [6.45, 7) is 3.68.